The lowest BCUT2D eigenvalue weighted by atomic mass is 9.94. The first kappa shape index (κ1) is 12.8. The van der Waals surface area contributed by atoms with Gasteiger partial charge in [0.05, 0.1) is 6.10 Å². The van der Waals surface area contributed by atoms with Crippen LogP contribution in [0.3, 0.4) is 0 Å². The van der Waals surface area contributed by atoms with Gasteiger partial charge in [0.2, 0.25) is 0 Å². The maximum Gasteiger partial charge on any atom is 0.345 e. The van der Waals surface area contributed by atoms with Gasteiger partial charge < -0.3 is 9.64 Å². The number of nitrogens with zero attached hydrogens (tertiary/aromatic N) is 1. The van der Waals surface area contributed by atoms with Gasteiger partial charge in [-0.15, -0.1) is 0 Å². The molecule has 1 unspecified atom stereocenters. The Morgan fingerprint density at radius 3 is 2.60 bits per heavy atom. The maximum atomic E-state index is 12.0. The molecular weight excluding hydrogens is 200 g/mol. The Balaban J connectivity index is 2.35. The van der Waals surface area contributed by atoms with Crippen molar-refractivity contribution in [2.45, 2.75) is 46.3 Å². The second-order valence-corrected chi connectivity index (χ2v) is 5.46. The fraction of sp³-hybridized carbons (Fsp3) is 1.00. The lowest BCUT2D eigenvalue weighted by Gasteiger charge is -2.36. The highest BCUT2D eigenvalue weighted by Gasteiger charge is 2.25. The van der Waals surface area contributed by atoms with Crippen LogP contribution in [-0.4, -0.2) is 37.2 Å². The van der Waals surface area contributed by atoms with Gasteiger partial charge in [-0.3, -0.25) is 0 Å². The third-order valence-electron chi connectivity index (χ3n) is 2.46. The van der Waals surface area contributed by atoms with E-state index in [0.717, 1.165) is 25.9 Å². The van der Waals surface area contributed by atoms with Crippen LogP contribution in [0.1, 0.15) is 33.6 Å². The van der Waals surface area contributed by atoms with Gasteiger partial charge in [0.1, 0.15) is 0 Å². The zero-order chi connectivity index (χ0) is 11.5. The van der Waals surface area contributed by atoms with Crippen LogP contribution in [0.5, 0.6) is 0 Å². The summed E-state index contributed by atoms with van der Waals surface area (Å²) in [6.07, 6.45) is 1.42. The molecule has 0 aliphatic carbocycles. The van der Waals surface area contributed by atoms with Crippen molar-refractivity contribution in [1.29, 1.82) is 0 Å². The summed E-state index contributed by atoms with van der Waals surface area (Å²) in [5.41, 5.74) is 0.215. The number of ether oxygens (including phenoxy) is 1. The third-order valence-corrected chi connectivity index (χ3v) is 2.46. The number of likely N-dealkylation sites (tertiary alicyclic amines) is 1. The average molecular weight is 221 g/mol. The van der Waals surface area contributed by atoms with Gasteiger partial charge in [-0.25, -0.2) is 0 Å². The molecule has 0 aromatic rings. The summed E-state index contributed by atoms with van der Waals surface area (Å²) in [6, 6.07) is 0. The quantitative estimate of drug-likeness (QED) is 0.726. The normalized spacial score (nSPS) is 24.8. The summed E-state index contributed by atoms with van der Waals surface area (Å²) >= 11 is 0. The van der Waals surface area contributed by atoms with Gasteiger partial charge in [0, 0.05) is 13.1 Å². The van der Waals surface area contributed by atoms with E-state index >= 15 is 0 Å². The van der Waals surface area contributed by atoms with Crippen molar-refractivity contribution in [3.8, 4) is 0 Å². The van der Waals surface area contributed by atoms with Crippen molar-refractivity contribution < 1.29 is 13.5 Å². The highest BCUT2D eigenvalue weighted by atomic mass is 19.3. The molecule has 90 valence electrons. The Hall–Kier alpha value is -0.220. The smallest absolute Gasteiger partial charge is 0.318 e. The fourth-order valence-electron chi connectivity index (χ4n) is 2.08. The summed E-state index contributed by atoms with van der Waals surface area (Å²) in [7, 11) is 0. The second kappa shape index (κ2) is 5.21. The van der Waals surface area contributed by atoms with Crippen LogP contribution in [-0.2, 0) is 4.74 Å². The molecule has 0 radical (unpaired) electrons. The predicted molar refractivity (Wildman–Crippen MR) is 56.0 cm³/mol. The van der Waals surface area contributed by atoms with Crippen LogP contribution in [0.25, 0.3) is 0 Å². The molecule has 15 heavy (non-hydrogen) atoms. The van der Waals surface area contributed by atoms with Gasteiger partial charge in [-0.1, -0.05) is 20.8 Å². The van der Waals surface area contributed by atoms with E-state index in [1.807, 2.05) is 0 Å². The molecule has 1 atom stereocenters. The molecule has 1 saturated heterocycles. The minimum Gasteiger partial charge on any atom is -0.318 e. The summed E-state index contributed by atoms with van der Waals surface area (Å²) in [6.45, 7) is 6.42. The molecule has 0 aromatic carbocycles. The predicted octanol–water partition coefficient (Wildman–Crippen LogP) is 2.74. The highest BCUT2D eigenvalue weighted by molar-refractivity contribution is 4.77. The molecule has 1 heterocycles. The lowest BCUT2D eigenvalue weighted by molar-refractivity contribution is -0.175. The number of hydrogen-bond acceptors (Lipinski definition) is 2. The van der Waals surface area contributed by atoms with E-state index in [1.165, 1.54) is 0 Å². The molecule has 0 aromatic heterocycles. The molecule has 1 fully saturated rings. The summed E-state index contributed by atoms with van der Waals surface area (Å²) in [4.78, 5) is 2.22. The number of rotatable bonds is 3. The van der Waals surface area contributed by atoms with E-state index in [-0.39, 0.29) is 11.5 Å². The Kier molecular flexibility index (Phi) is 4.46. The number of hydrogen-bond donors (Lipinski definition) is 0. The van der Waals surface area contributed by atoms with Gasteiger partial charge in [0.25, 0.3) is 0 Å². The van der Waals surface area contributed by atoms with Crippen LogP contribution < -0.4 is 0 Å². The van der Waals surface area contributed by atoms with E-state index in [1.54, 1.807) is 0 Å². The highest BCUT2D eigenvalue weighted by Crippen LogP contribution is 2.21. The van der Waals surface area contributed by atoms with Crippen molar-refractivity contribution in [3.05, 3.63) is 0 Å². The monoisotopic (exact) mass is 221 g/mol. The molecule has 0 saturated carbocycles. The van der Waals surface area contributed by atoms with E-state index in [2.05, 4.69) is 30.4 Å². The summed E-state index contributed by atoms with van der Waals surface area (Å²) in [5, 5.41) is 0. The van der Waals surface area contributed by atoms with E-state index in [4.69, 9.17) is 0 Å². The fourth-order valence-corrected chi connectivity index (χ4v) is 2.08. The van der Waals surface area contributed by atoms with Crippen LogP contribution in [0.2, 0.25) is 0 Å². The van der Waals surface area contributed by atoms with Gasteiger partial charge in [0.15, 0.2) is 0 Å². The van der Waals surface area contributed by atoms with Crippen LogP contribution in [0.15, 0.2) is 0 Å². The van der Waals surface area contributed by atoms with Crippen molar-refractivity contribution in [3.63, 3.8) is 0 Å². The van der Waals surface area contributed by atoms with Crippen LogP contribution in [0.4, 0.5) is 8.78 Å². The first-order valence-electron chi connectivity index (χ1n) is 5.53. The molecule has 1 aliphatic heterocycles. The van der Waals surface area contributed by atoms with Crippen molar-refractivity contribution in [2.75, 3.05) is 19.6 Å². The largest absolute Gasteiger partial charge is 0.345 e. The minimum absolute atomic E-state index is 0.215. The molecule has 2 nitrogen and oxygen atoms in total. The number of halogens is 2. The van der Waals surface area contributed by atoms with Gasteiger partial charge in [-0.05, 0) is 24.8 Å². The topological polar surface area (TPSA) is 12.5 Å². The molecule has 0 bridgehead atoms. The van der Waals surface area contributed by atoms with Crippen LogP contribution in [0, 0.1) is 5.41 Å². The summed E-state index contributed by atoms with van der Waals surface area (Å²) in [5.74, 6) is 0. The molecule has 0 N–H and O–H groups in total. The standard InChI is InChI=1S/C11H21F2NO/c1-11(2,3)8-14-6-4-5-9(7-14)15-10(12)13/h9-10H,4-8H2,1-3H3. The van der Waals surface area contributed by atoms with Crippen molar-refractivity contribution in [1.82, 2.24) is 4.90 Å². The maximum absolute atomic E-state index is 12.0. The van der Waals surface area contributed by atoms with E-state index < -0.39 is 6.61 Å². The molecule has 1 rings (SSSR count). The second-order valence-electron chi connectivity index (χ2n) is 5.46. The Morgan fingerprint density at radius 2 is 2.07 bits per heavy atom. The van der Waals surface area contributed by atoms with Crippen molar-refractivity contribution in [2.24, 2.45) is 5.41 Å². The molecule has 0 amide bonds. The number of alkyl halides is 2. The lowest BCUT2D eigenvalue weighted by Crippen LogP contribution is -2.43. The summed E-state index contributed by atoms with van der Waals surface area (Å²) < 4.78 is 28.6. The zero-order valence-corrected chi connectivity index (χ0v) is 9.80. The molecule has 4 heteroatoms. The van der Waals surface area contributed by atoms with Crippen molar-refractivity contribution >= 4 is 0 Å². The van der Waals surface area contributed by atoms with E-state index in [9.17, 15) is 8.78 Å². The minimum atomic E-state index is -2.63. The first-order valence-corrected chi connectivity index (χ1v) is 5.53. The zero-order valence-electron chi connectivity index (χ0n) is 9.80. The Morgan fingerprint density at radius 1 is 1.40 bits per heavy atom. The Labute approximate surface area is 90.6 Å². The first-order chi connectivity index (χ1) is 6.87. The number of piperidine rings is 1. The van der Waals surface area contributed by atoms with E-state index in [0.29, 0.717) is 6.54 Å². The Bertz CT molecular complexity index is 192. The molecular formula is C11H21F2NO. The van der Waals surface area contributed by atoms with Gasteiger partial charge in [-0.2, -0.15) is 8.78 Å². The average Bonchev–Trinajstić information content (AvgIpc) is 1.99. The van der Waals surface area contributed by atoms with Crippen LogP contribution >= 0.6 is 0 Å². The SMILES string of the molecule is CC(C)(C)CN1CCCC(OC(F)F)C1. The van der Waals surface area contributed by atoms with Gasteiger partial charge >= 0.3 is 6.61 Å². The third kappa shape index (κ3) is 5.42. The molecule has 1 aliphatic rings. The molecule has 0 spiro atoms.